The maximum Gasteiger partial charge on any atom is 0.241 e. The van der Waals surface area contributed by atoms with Crippen LogP contribution in [0.25, 0.3) is 0 Å². The van der Waals surface area contributed by atoms with Crippen molar-refractivity contribution < 1.29 is 17.5 Å². The summed E-state index contributed by atoms with van der Waals surface area (Å²) in [6.07, 6.45) is 0. The number of ether oxygens (including phenoxy) is 1. The Balaban J connectivity index is 2.00. The van der Waals surface area contributed by atoms with Gasteiger partial charge in [0.25, 0.3) is 0 Å². The lowest BCUT2D eigenvalue weighted by Crippen LogP contribution is -2.37. The van der Waals surface area contributed by atoms with Crippen LogP contribution in [0.3, 0.4) is 0 Å². The van der Waals surface area contributed by atoms with Crippen molar-refractivity contribution in [1.82, 2.24) is 4.72 Å². The highest BCUT2D eigenvalue weighted by Crippen LogP contribution is 2.17. The number of hydrogen-bond acceptors (Lipinski definition) is 3. The highest BCUT2D eigenvalue weighted by atomic mass is 32.2. The molecule has 4 nitrogen and oxygen atoms in total. The largest absolute Gasteiger partial charge is 0.492 e. The minimum atomic E-state index is -3.71. The summed E-state index contributed by atoms with van der Waals surface area (Å²) in [4.78, 5) is 0.0704. The molecule has 0 saturated carbocycles. The molecule has 0 aliphatic carbocycles. The zero-order valence-corrected chi connectivity index (χ0v) is 14.2. The molecule has 0 aliphatic rings. The minimum Gasteiger partial charge on any atom is -0.492 e. The van der Waals surface area contributed by atoms with E-state index in [9.17, 15) is 12.8 Å². The van der Waals surface area contributed by atoms with Crippen LogP contribution in [-0.2, 0) is 10.0 Å². The number of halogens is 1. The predicted octanol–water partition coefficient (Wildman–Crippen LogP) is 3.19. The van der Waals surface area contributed by atoms with Crippen molar-refractivity contribution in [2.45, 2.75) is 31.7 Å². The maximum absolute atomic E-state index is 13.1. The van der Waals surface area contributed by atoms with E-state index in [-0.39, 0.29) is 11.5 Å². The summed E-state index contributed by atoms with van der Waals surface area (Å²) >= 11 is 0. The van der Waals surface area contributed by atoms with Crippen LogP contribution in [-0.4, -0.2) is 21.1 Å². The van der Waals surface area contributed by atoms with Crippen molar-refractivity contribution in [2.75, 3.05) is 6.61 Å². The zero-order valence-electron chi connectivity index (χ0n) is 13.3. The van der Waals surface area contributed by atoms with E-state index < -0.39 is 21.9 Å². The van der Waals surface area contributed by atoms with Crippen molar-refractivity contribution in [3.63, 3.8) is 0 Å². The van der Waals surface area contributed by atoms with Gasteiger partial charge in [0, 0.05) is 0 Å². The molecule has 0 unspecified atom stereocenters. The average Bonchev–Trinajstić information content (AvgIpc) is 2.45. The fraction of sp³-hybridized carbons (Fsp3) is 0.294. The smallest absolute Gasteiger partial charge is 0.241 e. The molecule has 0 amide bonds. The predicted molar refractivity (Wildman–Crippen MR) is 87.6 cm³/mol. The van der Waals surface area contributed by atoms with Gasteiger partial charge in [-0.2, -0.15) is 0 Å². The quantitative estimate of drug-likeness (QED) is 0.881. The van der Waals surface area contributed by atoms with Crippen molar-refractivity contribution in [1.29, 1.82) is 0 Å². The Morgan fingerprint density at radius 3 is 2.39 bits per heavy atom. The first-order valence-electron chi connectivity index (χ1n) is 7.26. The second kappa shape index (κ2) is 7.10. The van der Waals surface area contributed by atoms with Crippen LogP contribution in [0.5, 0.6) is 5.75 Å². The lowest BCUT2D eigenvalue weighted by molar-refractivity contribution is 0.287. The molecule has 0 saturated heterocycles. The number of nitrogens with one attached hydrogen (secondary N) is 1. The van der Waals surface area contributed by atoms with Gasteiger partial charge in [0.15, 0.2) is 0 Å². The Morgan fingerprint density at radius 2 is 1.78 bits per heavy atom. The molecule has 2 aromatic rings. The topological polar surface area (TPSA) is 55.4 Å². The van der Waals surface area contributed by atoms with Gasteiger partial charge in [0.1, 0.15) is 18.2 Å². The Labute approximate surface area is 136 Å². The van der Waals surface area contributed by atoms with E-state index in [4.69, 9.17) is 4.74 Å². The van der Waals surface area contributed by atoms with Gasteiger partial charge in [-0.15, -0.1) is 0 Å². The molecule has 6 heteroatoms. The molecule has 0 fully saturated rings. The number of hydrogen-bond donors (Lipinski definition) is 1. The number of benzene rings is 2. The molecular formula is C17H20FNO3S. The molecule has 0 aliphatic heterocycles. The van der Waals surface area contributed by atoms with E-state index in [0.717, 1.165) is 11.6 Å². The van der Waals surface area contributed by atoms with Gasteiger partial charge in [0.05, 0.1) is 10.9 Å². The molecule has 0 aromatic heterocycles. The van der Waals surface area contributed by atoms with Crippen LogP contribution in [0.15, 0.2) is 47.4 Å². The molecule has 23 heavy (non-hydrogen) atoms. The van der Waals surface area contributed by atoms with Gasteiger partial charge in [-0.25, -0.2) is 17.5 Å². The lowest BCUT2D eigenvalue weighted by Gasteiger charge is -2.16. The summed E-state index contributed by atoms with van der Waals surface area (Å²) in [6, 6.07) is 10.7. The summed E-state index contributed by atoms with van der Waals surface area (Å²) < 4.78 is 45.9. The Morgan fingerprint density at radius 1 is 1.13 bits per heavy atom. The van der Waals surface area contributed by atoms with E-state index in [0.29, 0.717) is 11.3 Å². The molecule has 0 bridgehead atoms. The molecule has 2 aromatic carbocycles. The van der Waals surface area contributed by atoms with Crippen LogP contribution in [0, 0.1) is 19.7 Å². The highest BCUT2D eigenvalue weighted by Gasteiger charge is 2.20. The number of sulfonamides is 1. The second-order valence-corrected chi connectivity index (χ2v) is 7.24. The zero-order chi connectivity index (χ0) is 17.0. The summed E-state index contributed by atoms with van der Waals surface area (Å²) in [7, 11) is -3.71. The molecule has 0 heterocycles. The second-order valence-electron chi connectivity index (χ2n) is 5.56. The summed E-state index contributed by atoms with van der Waals surface area (Å²) in [5, 5.41) is 0. The molecule has 0 spiro atoms. The van der Waals surface area contributed by atoms with Crippen molar-refractivity contribution in [2.24, 2.45) is 0 Å². The van der Waals surface area contributed by atoms with E-state index in [1.54, 1.807) is 13.8 Å². The Bertz CT molecular complexity index is 773. The van der Waals surface area contributed by atoms with Crippen molar-refractivity contribution in [3.8, 4) is 5.75 Å². The minimum absolute atomic E-state index is 0.0704. The lowest BCUT2D eigenvalue weighted by atomic mass is 10.2. The molecule has 2 rings (SSSR count). The SMILES string of the molecule is Cc1ccc(OC[C@@H](C)NS(=O)(=O)c2ccc(F)cc2C)cc1. The number of aryl methyl sites for hydroxylation is 2. The van der Waals surface area contributed by atoms with Crippen LogP contribution in [0.1, 0.15) is 18.1 Å². The summed E-state index contributed by atoms with van der Waals surface area (Å²) in [6.45, 7) is 5.45. The first-order chi connectivity index (χ1) is 10.8. The van der Waals surface area contributed by atoms with Gasteiger partial charge in [-0.05, 0) is 56.7 Å². The molecule has 1 atom stereocenters. The van der Waals surface area contributed by atoms with Gasteiger partial charge >= 0.3 is 0 Å². The molecule has 0 radical (unpaired) electrons. The highest BCUT2D eigenvalue weighted by molar-refractivity contribution is 7.89. The van der Waals surface area contributed by atoms with Crippen molar-refractivity contribution in [3.05, 3.63) is 59.4 Å². The third-order valence-corrected chi connectivity index (χ3v) is 5.05. The normalized spacial score (nSPS) is 12.9. The first-order valence-corrected chi connectivity index (χ1v) is 8.74. The standard InChI is InChI=1S/C17H20FNO3S/c1-12-4-7-16(8-5-12)22-11-14(3)19-23(20,21)17-9-6-15(18)10-13(17)2/h4-10,14,19H,11H2,1-3H3/t14-/m1/s1. The number of rotatable bonds is 6. The molecule has 1 N–H and O–H groups in total. The molecular weight excluding hydrogens is 317 g/mol. The van der Waals surface area contributed by atoms with Crippen LogP contribution < -0.4 is 9.46 Å². The van der Waals surface area contributed by atoms with E-state index in [1.165, 1.54) is 12.1 Å². The van der Waals surface area contributed by atoms with Crippen LogP contribution >= 0.6 is 0 Å². The van der Waals surface area contributed by atoms with Gasteiger partial charge < -0.3 is 4.74 Å². The van der Waals surface area contributed by atoms with E-state index >= 15 is 0 Å². The van der Waals surface area contributed by atoms with Crippen molar-refractivity contribution >= 4 is 10.0 Å². The molecule has 124 valence electrons. The monoisotopic (exact) mass is 337 g/mol. The summed E-state index contributed by atoms with van der Waals surface area (Å²) in [5.41, 5.74) is 1.49. The van der Waals surface area contributed by atoms with Gasteiger partial charge in [-0.3, -0.25) is 0 Å². The maximum atomic E-state index is 13.1. The van der Waals surface area contributed by atoms with E-state index in [2.05, 4.69) is 4.72 Å². The van der Waals surface area contributed by atoms with E-state index in [1.807, 2.05) is 31.2 Å². The Hall–Kier alpha value is -1.92. The van der Waals surface area contributed by atoms with Gasteiger partial charge in [-0.1, -0.05) is 17.7 Å². The fourth-order valence-electron chi connectivity index (χ4n) is 2.13. The third kappa shape index (κ3) is 4.77. The first kappa shape index (κ1) is 17.4. The Kier molecular flexibility index (Phi) is 5.38. The third-order valence-electron chi connectivity index (χ3n) is 3.30. The van der Waals surface area contributed by atoms with Crippen LogP contribution in [0.4, 0.5) is 4.39 Å². The fourth-order valence-corrected chi connectivity index (χ4v) is 3.59. The van der Waals surface area contributed by atoms with Crippen LogP contribution in [0.2, 0.25) is 0 Å². The van der Waals surface area contributed by atoms with Gasteiger partial charge in [0.2, 0.25) is 10.0 Å². The summed E-state index contributed by atoms with van der Waals surface area (Å²) in [5.74, 6) is 0.219. The average molecular weight is 337 g/mol.